The maximum Gasteiger partial charge on any atom is 0.212 e. The van der Waals surface area contributed by atoms with Crippen molar-refractivity contribution in [1.29, 1.82) is 0 Å². The van der Waals surface area contributed by atoms with Crippen LogP contribution >= 0.6 is 0 Å². The van der Waals surface area contributed by atoms with Crippen LogP contribution in [0.5, 0.6) is 0 Å². The first-order chi connectivity index (χ1) is 8.55. The molecule has 0 heterocycles. The Morgan fingerprint density at radius 3 is 2.56 bits per heavy atom. The molecule has 0 saturated heterocycles. The zero-order valence-corrected chi connectivity index (χ0v) is 11.5. The predicted molar refractivity (Wildman–Crippen MR) is 75.2 cm³/mol. The molecule has 1 aromatic rings. The lowest BCUT2D eigenvalue weighted by atomic mass is 10.3. The van der Waals surface area contributed by atoms with Gasteiger partial charge in [-0.1, -0.05) is 18.2 Å². The lowest BCUT2D eigenvalue weighted by Crippen LogP contribution is -2.32. The van der Waals surface area contributed by atoms with Crippen LogP contribution < -0.4 is 15.4 Å². The third-order valence-electron chi connectivity index (χ3n) is 2.58. The van der Waals surface area contributed by atoms with Gasteiger partial charge in [-0.25, -0.2) is 13.1 Å². The van der Waals surface area contributed by atoms with Crippen LogP contribution in [0.3, 0.4) is 0 Å². The number of hydrogen-bond donors (Lipinski definition) is 2. The van der Waals surface area contributed by atoms with Gasteiger partial charge in [-0.15, -0.1) is 0 Å². The summed E-state index contributed by atoms with van der Waals surface area (Å²) in [5.41, 5.74) is 6.34. The smallest absolute Gasteiger partial charge is 0.212 e. The molecule has 0 aliphatic heterocycles. The van der Waals surface area contributed by atoms with Crippen molar-refractivity contribution in [2.75, 3.05) is 37.3 Å². The van der Waals surface area contributed by atoms with Crippen molar-refractivity contribution in [3.05, 3.63) is 30.3 Å². The fourth-order valence-corrected chi connectivity index (χ4v) is 2.49. The molecule has 0 fully saturated rings. The summed E-state index contributed by atoms with van der Waals surface area (Å²) < 4.78 is 25.2. The van der Waals surface area contributed by atoms with E-state index in [9.17, 15) is 8.42 Å². The Morgan fingerprint density at radius 2 is 1.94 bits per heavy atom. The molecule has 0 spiro atoms. The second-order valence-electron chi connectivity index (χ2n) is 4.11. The average molecular weight is 271 g/mol. The summed E-state index contributed by atoms with van der Waals surface area (Å²) in [6, 6.07) is 9.99. The third-order valence-corrected chi connectivity index (χ3v) is 3.99. The first-order valence-electron chi connectivity index (χ1n) is 5.99. The number of anilines is 1. The minimum atomic E-state index is -3.19. The van der Waals surface area contributed by atoms with Gasteiger partial charge in [0.1, 0.15) is 0 Å². The SMILES string of the molecule is CN(CCCNS(=O)(=O)CCN)c1ccccc1. The van der Waals surface area contributed by atoms with Crippen LogP contribution in [-0.4, -0.2) is 40.9 Å². The molecular weight excluding hydrogens is 250 g/mol. The Morgan fingerprint density at radius 1 is 1.28 bits per heavy atom. The van der Waals surface area contributed by atoms with E-state index in [2.05, 4.69) is 9.62 Å². The normalized spacial score (nSPS) is 11.4. The Labute approximate surface area is 109 Å². The molecule has 3 N–H and O–H groups in total. The third kappa shape index (κ3) is 5.48. The maximum absolute atomic E-state index is 11.3. The van der Waals surface area contributed by atoms with E-state index < -0.39 is 10.0 Å². The molecule has 18 heavy (non-hydrogen) atoms. The van der Waals surface area contributed by atoms with Crippen molar-refractivity contribution in [2.45, 2.75) is 6.42 Å². The number of para-hydroxylation sites is 1. The van der Waals surface area contributed by atoms with Gasteiger partial charge in [-0.2, -0.15) is 0 Å². The highest BCUT2D eigenvalue weighted by atomic mass is 32.2. The first kappa shape index (κ1) is 14.9. The van der Waals surface area contributed by atoms with Gasteiger partial charge >= 0.3 is 0 Å². The number of nitrogens with zero attached hydrogens (tertiary/aromatic N) is 1. The van der Waals surface area contributed by atoms with Crippen LogP contribution in [0.25, 0.3) is 0 Å². The largest absolute Gasteiger partial charge is 0.375 e. The predicted octanol–water partition coefficient (Wildman–Crippen LogP) is 0.391. The van der Waals surface area contributed by atoms with Crippen molar-refractivity contribution in [3.8, 4) is 0 Å². The Balaban J connectivity index is 2.27. The van der Waals surface area contributed by atoms with Gasteiger partial charge in [0.2, 0.25) is 10.0 Å². The molecule has 1 rings (SSSR count). The number of nitrogens with one attached hydrogen (secondary N) is 1. The van der Waals surface area contributed by atoms with E-state index in [1.165, 1.54) is 0 Å². The molecule has 6 heteroatoms. The van der Waals surface area contributed by atoms with Crippen molar-refractivity contribution in [1.82, 2.24) is 4.72 Å². The van der Waals surface area contributed by atoms with E-state index in [1.807, 2.05) is 37.4 Å². The molecule has 102 valence electrons. The molecule has 0 atom stereocenters. The van der Waals surface area contributed by atoms with Gasteiger partial charge in [0.05, 0.1) is 5.75 Å². The van der Waals surface area contributed by atoms with Crippen LogP contribution in [0, 0.1) is 0 Å². The number of rotatable bonds is 8. The molecular formula is C12H21N3O2S. The summed E-state index contributed by atoms with van der Waals surface area (Å²) in [6.07, 6.45) is 0.759. The Hall–Kier alpha value is -1.11. The van der Waals surface area contributed by atoms with E-state index in [4.69, 9.17) is 5.73 Å². The van der Waals surface area contributed by atoms with Crippen molar-refractivity contribution in [3.63, 3.8) is 0 Å². The minimum absolute atomic E-state index is 0.0124. The van der Waals surface area contributed by atoms with Gasteiger partial charge in [-0.05, 0) is 18.6 Å². The van der Waals surface area contributed by atoms with Crippen LogP contribution in [-0.2, 0) is 10.0 Å². The van der Waals surface area contributed by atoms with Crippen LogP contribution in [0.15, 0.2) is 30.3 Å². The highest BCUT2D eigenvalue weighted by Crippen LogP contribution is 2.10. The monoisotopic (exact) mass is 271 g/mol. The van der Waals surface area contributed by atoms with E-state index in [0.29, 0.717) is 6.54 Å². The molecule has 0 unspecified atom stereocenters. The topological polar surface area (TPSA) is 75.4 Å². The zero-order valence-electron chi connectivity index (χ0n) is 10.7. The van der Waals surface area contributed by atoms with E-state index in [0.717, 1.165) is 18.7 Å². The standard InChI is InChI=1S/C12H21N3O2S/c1-15(12-6-3-2-4-7-12)10-5-9-14-18(16,17)11-8-13/h2-4,6-7,14H,5,8-11,13H2,1H3. The molecule has 5 nitrogen and oxygen atoms in total. The zero-order chi connectivity index (χ0) is 13.4. The first-order valence-corrected chi connectivity index (χ1v) is 7.64. The van der Waals surface area contributed by atoms with Crippen LogP contribution in [0.2, 0.25) is 0 Å². The van der Waals surface area contributed by atoms with E-state index in [1.54, 1.807) is 0 Å². The molecule has 0 aromatic heterocycles. The number of sulfonamides is 1. The number of nitrogens with two attached hydrogens (primary N) is 1. The summed E-state index contributed by atoms with van der Waals surface area (Å²) in [5.74, 6) is -0.0124. The van der Waals surface area contributed by atoms with E-state index in [-0.39, 0.29) is 12.3 Å². The van der Waals surface area contributed by atoms with E-state index >= 15 is 0 Å². The molecule has 0 saturated carbocycles. The molecule has 1 aromatic carbocycles. The number of hydrogen-bond acceptors (Lipinski definition) is 4. The Kier molecular flexibility index (Phi) is 6.11. The lowest BCUT2D eigenvalue weighted by molar-refractivity contribution is 0.579. The summed E-state index contributed by atoms with van der Waals surface area (Å²) >= 11 is 0. The Bertz CT molecular complexity index is 434. The molecule has 0 aliphatic rings. The summed E-state index contributed by atoms with van der Waals surface area (Å²) in [5, 5.41) is 0. The minimum Gasteiger partial charge on any atom is -0.375 e. The van der Waals surface area contributed by atoms with Crippen molar-refractivity contribution < 1.29 is 8.42 Å². The highest BCUT2D eigenvalue weighted by Gasteiger charge is 2.07. The molecule has 0 amide bonds. The lowest BCUT2D eigenvalue weighted by Gasteiger charge is -2.19. The second kappa shape index (κ2) is 7.35. The van der Waals surface area contributed by atoms with Gasteiger partial charge in [0.25, 0.3) is 0 Å². The van der Waals surface area contributed by atoms with Gasteiger partial charge < -0.3 is 10.6 Å². The summed E-state index contributed by atoms with van der Waals surface area (Å²) in [6.45, 7) is 1.40. The number of benzene rings is 1. The summed E-state index contributed by atoms with van der Waals surface area (Å²) in [4.78, 5) is 2.09. The van der Waals surface area contributed by atoms with Gasteiger partial charge in [-0.3, -0.25) is 0 Å². The molecule has 0 aliphatic carbocycles. The quantitative estimate of drug-likeness (QED) is 0.671. The van der Waals surface area contributed by atoms with Crippen LogP contribution in [0.1, 0.15) is 6.42 Å². The van der Waals surface area contributed by atoms with Crippen molar-refractivity contribution >= 4 is 15.7 Å². The highest BCUT2D eigenvalue weighted by molar-refractivity contribution is 7.89. The van der Waals surface area contributed by atoms with Gasteiger partial charge in [0.15, 0.2) is 0 Å². The molecule has 0 bridgehead atoms. The fraction of sp³-hybridized carbons (Fsp3) is 0.500. The second-order valence-corrected chi connectivity index (χ2v) is 6.04. The van der Waals surface area contributed by atoms with Crippen LogP contribution in [0.4, 0.5) is 5.69 Å². The molecule has 0 radical (unpaired) electrons. The average Bonchev–Trinajstić information content (AvgIpc) is 2.35. The van der Waals surface area contributed by atoms with Crippen molar-refractivity contribution in [2.24, 2.45) is 5.73 Å². The fourth-order valence-electron chi connectivity index (χ4n) is 1.58. The maximum atomic E-state index is 11.3. The summed E-state index contributed by atoms with van der Waals surface area (Å²) in [7, 11) is -1.20. The van der Waals surface area contributed by atoms with Gasteiger partial charge in [0, 0.05) is 32.4 Å².